The fourth-order valence-corrected chi connectivity index (χ4v) is 3.02. The van der Waals surface area contributed by atoms with Crippen molar-refractivity contribution in [3.63, 3.8) is 0 Å². The molecule has 7 heteroatoms. The highest BCUT2D eigenvalue weighted by molar-refractivity contribution is 7.78. The van der Waals surface area contributed by atoms with Crippen molar-refractivity contribution in [2.75, 3.05) is 11.9 Å². The van der Waals surface area contributed by atoms with Gasteiger partial charge in [-0.25, -0.2) is 14.2 Å². The van der Waals surface area contributed by atoms with Crippen molar-refractivity contribution in [1.82, 2.24) is 9.97 Å². The number of hydrogen-bond donors (Lipinski definition) is 2. The van der Waals surface area contributed by atoms with Crippen molar-refractivity contribution in [2.24, 2.45) is 0 Å². The van der Waals surface area contributed by atoms with E-state index < -0.39 is 11.1 Å². The van der Waals surface area contributed by atoms with Gasteiger partial charge in [0.1, 0.15) is 11.5 Å². The van der Waals surface area contributed by atoms with Gasteiger partial charge in [0, 0.05) is 23.9 Å². The van der Waals surface area contributed by atoms with Gasteiger partial charge in [-0.2, -0.15) is 0 Å². The van der Waals surface area contributed by atoms with Crippen LogP contribution in [0.5, 0.6) is 0 Å². The Morgan fingerprint density at radius 2 is 2.20 bits per heavy atom. The van der Waals surface area contributed by atoms with Crippen LogP contribution < -0.4 is 5.32 Å². The Balaban J connectivity index is 2.14. The van der Waals surface area contributed by atoms with Crippen molar-refractivity contribution in [3.05, 3.63) is 40.8 Å². The average molecular weight is 310 g/mol. The summed E-state index contributed by atoms with van der Waals surface area (Å²) in [5.74, 6) is 0.0736. The molecule has 0 saturated heterocycles. The van der Waals surface area contributed by atoms with E-state index in [1.807, 2.05) is 12.1 Å². The van der Waals surface area contributed by atoms with E-state index in [2.05, 4.69) is 15.3 Å². The SMILES string of the molecule is O=S(O)Cc1cc2c(cc1-c1cc(Cl)ncn1)NCC2. The second-order valence-corrected chi connectivity index (χ2v) is 5.85. The fourth-order valence-electron chi connectivity index (χ4n) is 2.37. The molecule has 1 aromatic heterocycles. The Hall–Kier alpha value is -1.50. The van der Waals surface area contributed by atoms with E-state index in [1.165, 1.54) is 6.33 Å². The standard InChI is InChI=1S/C13H12ClN3O2S/c14-13-5-12(16-7-17-13)10-4-11-8(1-2-15-11)3-9(10)6-20(18)19/h3-5,7,15H,1-2,6H2,(H,18,19). The molecule has 5 nitrogen and oxygen atoms in total. The first kappa shape index (κ1) is 13.5. The van der Waals surface area contributed by atoms with E-state index in [-0.39, 0.29) is 5.75 Å². The topological polar surface area (TPSA) is 75.1 Å². The molecule has 104 valence electrons. The number of benzene rings is 1. The fraction of sp³-hybridized carbons (Fsp3) is 0.231. The lowest BCUT2D eigenvalue weighted by atomic mass is 10.0. The van der Waals surface area contributed by atoms with Crippen molar-refractivity contribution >= 4 is 28.4 Å². The molecule has 1 aliphatic heterocycles. The summed E-state index contributed by atoms with van der Waals surface area (Å²) in [6.45, 7) is 0.880. The number of rotatable bonds is 3. The third kappa shape index (κ3) is 2.67. The molecule has 0 fully saturated rings. The van der Waals surface area contributed by atoms with E-state index >= 15 is 0 Å². The normalized spacial score (nSPS) is 14.7. The number of halogens is 1. The zero-order chi connectivity index (χ0) is 14.1. The van der Waals surface area contributed by atoms with Crippen LogP contribution >= 0.6 is 11.6 Å². The second kappa shape index (κ2) is 5.47. The zero-order valence-corrected chi connectivity index (χ0v) is 12.0. The number of anilines is 1. The van der Waals surface area contributed by atoms with Crippen LogP contribution in [-0.2, 0) is 23.3 Å². The van der Waals surface area contributed by atoms with Gasteiger partial charge < -0.3 is 9.87 Å². The van der Waals surface area contributed by atoms with Crippen LogP contribution in [0.2, 0.25) is 5.15 Å². The minimum absolute atomic E-state index is 0.0736. The summed E-state index contributed by atoms with van der Waals surface area (Å²) in [4.78, 5) is 8.06. The molecule has 1 unspecified atom stereocenters. The number of hydrogen-bond acceptors (Lipinski definition) is 4. The molecular weight excluding hydrogens is 298 g/mol. The van der Waals surface area contributed by atoms with Crippen LogP contribution in [0.3, 0.4) is 0 Å². The van der Waals surface area contributed by atoms with E-state index in [4.69, 9.17) is 11.6 Å². The smallest absolute Gasteiger partial charge is 0.157 e. The quantitative estimate of drug-likeness (QED) is 0.673. The van der Waals surface area contributed by atoms with Crippen LogP contribution in [0.25, 0.3) is 11.3 Å². The molecule has 3 rings (SSSR count). The first-order valence-corrected chi connectivity index (χ1v) is 7.74. The number of fused-ring (bicyclic) bond motifs is 1. The third-order valence-electron chi connectivity index (χ3n) is 3.23. The highest BCUT2D eigenvalue weighted by Crippen LogP contribution is 2.32. The molecular formula is C13H12ClN3O2S. The van der Waals surface area contributed by atoms with E-state index in [9.17, 15) is 8.76 Å². The van der Waals surface area contributed by atoms with Gasteiger partial charge in [-0.1, -0.05) is 17.7 Å². The molecule has 0 saturated carbocycles. The Morgan fingerprint density at radius 1 is 1.35 bits per heavy atom. The van der Waals surface area contributed by atoms with Crippen LogP contribution in [0.1, 0.15) is 11.1 Å². The maximum Gasteiger partial charge on any atom is 0.157 e. The molecule has 2 N–H and O–H groups in total. The van der Waals surface area contributed by atoms with Gasteiger partial charge in [-0.15, -0.1) is 0 Å². The lowest BCUT2D eigenvalue weighted by molar-refractivity contribution is 0.563. The van der Waals surface area contributed by atoms with Crippen molar-refractivity contribution in [3.8, 4) is 11.3 Å². The summed E-state index contributed by atoms with van der Waals surface area (Å²) < 4.78 is 20.3. The van der Waals surface area contributed by atoms with Crippen molar-refractivity contribution in [1.29, 1.82) is 0 Å². The molecule has 0 radical (unpaired) electrons. The van der Waals surface area contributed by atoms with Gasteiger partial charge in [-0.05, 0) is 23.6 Å². The average Bonchev–Trinajstić information content (AvgIpc) is 2.84. The van der Waals surface area contributed by atoms with Gasteiger partial charge >= 0.3 is 0 Å². The molecule has 1 aliphatic rings. The minimum Gasteiger partial charge on any atom is -0.384 e. The Labute approximate surface area is 123 Å². The summed E-state index contributed by atoms with van der Waals surface area (Å²) in [5.41, 5.74) is 4.46. The Bertz CT molecular complexity index is 693. The van der Waals surface area contributed by atoms with Gasteiger partial charge in [0.2, 0.25) is 0 Å². The van der Waals surface area contributed by atoms with Gasteiger partial charge in [0.05, 0.1) is 11.4 Å². The minimum atomic E-state index is -1.90. The van der Waals surface area contributed by atoms with E-state index in [1.54, 1.807) is 6.07 Å². The largest absolute Gasteiger partial charge is 0.384 e. The molecule has 1 aromatic carbocycles. The Morgan fingerprint density at radius 3 is 2.95 bits per heavy atom. The molecule has 0 bridgehead atoms. The van der Waals surface area contributed by atoms with E-state index in [0.29, 0.717) is 10.8 Å². The molecule has 0 aliphatic carbocycles. The third-order valence-corrected chi connectivity index (χ3v) is 3.99. The lowest BCUT2D eigenvalue weighted by Crippen LogP contribution is -1.99. The lowest BCUT2D eigenvalue weighted by Gasteiger charge is -2.11. The molecule has 0 spiro atoms. The monoisotopic (exact) mass is 309 g/mol. The number of nitrogens with one attached hydrogen (secondary N) is 1. The maximum absolute atomic E-state index is 11.2. The molecule has 2 aromatic rings. The summed E-state index contributed by atoms with van der Waals surface area (Å²) in [6.07, 6.45) is 2.31. The molecule has 2 heterocycles. The summed E-state index contributed by atoms with van der Waals surface area (Å²) in [5, 5.41) is 3.64. The zero-order valence-electron chi connectivity index (χ0n) is 10.5. The Kier molecular flexibility index (Phi) is 3.69. The highest BCUT2D eigenvalue weighted by Gasteiger charge is 2.17. The van der Waals surface area contributed by atoms with Crippen LogP contribution in [0.4, 0.5) is 5.69 Å². The summed E-state index contributed by atoms with van der Waals surface area (Å²) >= 11 is 3.99. The van der Waals surface area contributed by atoms with Gasteiger partial charge in [0.15, 0.2) is 11.1 Å². The predicted octanol–water partition coefficient (Wildman–Crippen LogP) is 2.49. The summed E-state index contributed by atoms with van der Waals surface area (Å²) in [6, 6.07) is 5.58. The van der Waals surface area contributed by atoms with E-state index in [0.717, 1.165) is 35.3 Å². The molecule has 1 atom stereocenters. The van der Waals surface area contributed by atoms with Crippen LogP contribution in [0, 0.1) is 0 Å². The summed E-state index contributed by atoms with van der Waals surface area (Å²) in [7, 11) is 0. The maximum atomic E-state index is 11.2. The van der Waals surface area contributed by atoms with Crippen molar-refractivity contribution in [2.45, 2.75) is 12.2 Å². The van der Waals surface area contributed by atoms with Gasteiger partial charge in [0.25, 0.3) is 0 Å². The number of aromatic nitrogens is 2. The predicted molar refractivity (Wildman–Crippen MR) is 79.1 cm³/mol. The highest BCUT2D eigenvalue weighted by atomic mass is 35.5. The van der Waals surface area contributed by atoms with Crippen LogP contribution in [0.15, 0.2) is 24.5 Å². The first-order valence-electron chi connectivity index (χ1n) is 6.08. The van der Waals surface area contributed by atoms with Crippen LogP contribution in [-0.4, -0.2) is 25.3 Å². The van der Waals surface area contributed by atoms with Crippen molar-refractivity contribution < 1.29 is 8.76 Å². The molecule has 20 heavy (non-hydrogen) atoms. The molecule has 0 amide bonds. The van der Waals surface area contributed by atoms with Gasteiger partial charge in [-0.3, -0.25) is 0 Å². The number of nitrogens with zero attached hydrogens (tertiary/aromatic N) is 2. The second-order valence-electron chi connectivity index (χ2n) is 4.54. The first-order chi connectivity index (χ1) is 9.63.